The van der Waals surface area contributed by atoms with E-state index in [2.05, 4.69) is 4.98 Å². The van der Waals surface area contributed by atoms with Crippen LogP contribution in [0, 0.1) is 6.92 Å². The lowest BCUT2D eigenvalue weighted by molar-refractivity contribution is -0.140. The zero-order chi connectivity index (χ0) is 21.5. The Kier molecular flexibility index (Phi) is 4.84. The van der Waals surface area contributed by atoms with Crippen LogP contribution in [0.5, 0.6) is 5.75 Å². The van der Waals surface area contributed by atoms with Crippen LogP contribution in [0.4, 0.5) is 0 Å². The Morgan fingerprint density at radius 3 is 2.68 bits per heavy atom. The molecule has 2 aromatic heterocycles. The van der Waals surface area contributed by atoms with Gasteiger partial charge in [-0.3, -0.25) is 19.0 Å². The van der Waals surface area contributed by atoms with E-state index in [1.807, 2.05) is 23.6 Å². The molecule has 160 valence electrons. The number of rotatable bonds is 6. The van der Waals surface area contributed by atoms with Gasteiger partial charge in [-0.25, -0.2) is 4.98 Å². The van der Waals surface area contributed by atoms with E-state index < -0.39 is 0 Å². The van der Waals surface area contributed by atoms with Crippen LogP contribution in [0.2, 0.25) is 0 Å². The quantitative estimate of drug-likeness (QED) is 0.608. The zero-order valence-electron chi connectivity index (χ0n) is 17.4. The first-order valence-corrected chi connectivity index (χ1v) is 10.6. The average molecular weight is 420 g/mol. The number of para-hydroxylation sites is 1. The van der Waals surface area contributed by atoms with Gasteiger partial charge >= 0.3 is 0 Å². The molecule has 3 aromatic rings. The lowest BCUT2D eigenvalue weighted by Crippen LogP contribution is -2.56. The molecule has 1 aliphatic carbocycles. The SMILES string of the molecule is Cc1cc(OC2CN(C(=O)CCn3cnc4ccccc4c3=O)C2)cc(=O)n1C1CC1. The van der Waals surface area contributed by atoms with Crippen molar-refractivity contribution in [3.63, 3.8) is 0 Å². The van der Waals surface area contributed by atoms with E-state index >= 15 is 0 Å². The molecule has 0 atom stereocenters. The smallest absolute Gasteiger partial charge is 0.261 e. The van der Waals surface area contributed by atoms with Gasteiger partial charge in [0.25, 0.3) is 11.1 Å². The number of ether oxygens (including phenoxy) is 1. The van der Waals surface area contributed by atoms with Gasteiger partial charge in [-0.05, 0) is 38.0 Å². The highest BCUT2D eigenvalue weighted by Crippen LogP contribution is 2.35. The summed E-state index contributed by atoms with van der Waals surface area (Å²) in [7, 11) is 0. The molecule has 3 heterocycles. The number of hydrogen-bond acceptors (Lipinski definition) is 5. The minimum atomic E-state index is -0.139. The van der Waals surface area contributed by atoms with Crippen LogP contribution in [0.1, 0.15) is 31.0 Å². The van der Waals surface area contributed by atoms with Crippen LogP contribution in [0.25, 0.3) is 10.9 Å². The number of nitrogens with zero attached hydrogens (tertiary/aromatic N) is 4. The van der Waals surface area contributed by atoms with Gasteiger partial charge in [0.05, 0.1) is 30.3 Å². The van der Waals surface area contributed by atoms with E-state index in [0.29, 0.717) is 35.8 Å². The van der Waals surface area contributed by atoms with Crippen molar-refractivity contribution in [3.05, 3.63) is 69.1 Å². The summed E-state index contributed by atoms with van der Waals surface area (Å²) in [4.78, 5) is 43.3. The van der Waals surface area contributed by atoms with E-state index in [4.69, 9.17) is 4.74 Å². The van der Waals surface area contributed by atoms with Crippen molar-refractivity contribution in [1.82, 2.24) is 19.0 Å². The second-order valence-electron chi connectivity index (χ2n) is 8.32. The third-order valence-electron chi connectivity index (χ3n) is 5.95. The molecule has 0 radical (unpaired) electrons. The first kappa shape index (κ1) is 19.5. The first-order valence-electron chi connectivity index (χ1n) is 10.6. The normalized spacial score (nSPS) is 16.4. The zero-order valence-corrected chi connectivity index (χ0v) is 17.4. The summed E-state index contributed by atoms with van der Waals surface area (Å²) in [5.74, 6) is 0.533. The van der Waals surface area contributed by atoms with Crippen LogP contribution in [-0.4, -0.2) is 44.1 Å². The van der Waals surface area contributed by atoms with Crippen molar-refractivity contribution in [1.29, 1.82) is 0 Å². The average Bonchev–Trinajstić information content (AvgIpc) is 3.54. The molecule has 5 rings (SSSR count). The van der Waals surface area contributed by atoms with Gasteiger partial charge in [0.2, 0.25) is 5.91 Å². The Labute approximate surface area is 178 Å². The summed E-state index contributed by atoms with van der Waals surface area (Å²) in [5.41, 5.74) is 1.39. The number of carbonyl (C=O) groups excluding carboxylic acids is 1. The minimum absolute atomic E-state index is 0.0276. The minimum Gasteiger partial charge on any atom is -0.486 e. The Bertz CT molecular complexity index is 1270. The molecule has 8 heteroatoms. The summed E-state index contributed by atoms with van der Waals surface area (Å²) < 4.78 is 9.21. The molecule has 8 nitrogen and oxygen atoms in total. The van der Waals surface area contributed by atoms with Gasteiger partial charge in [-0.1, -0.05) is 12.1 Å². The maximum atomic E-state index is 12.5. The van der Waals surface area contributed by atoms with E-state index in [1.54, 1.807) is 23.1 Å². The van der Waals surface area contributed by atoms with Crippen molar-refractivity contribution >= 4 is 16.8 Å². The summed E-state index contributed by atoms with van der Waals surface area (Å²) in [6.45, 7) is 3.17. The standard InChI is InChI=1S/C23H24N4O4/c1-15-10-17(11-22(29)27(15)16-6-7-16)31-18-12-26(13-18)21(28)8-9-25-14-24-20-5-3-2-4-19(20)23(25)30/h2-5,10-11,14,16,18H,6-9,12-13H2,1H3. The molecular weight excluding hydrogens is 396 g/mol. The number of amides is 1. The van der Waals surface area contributed by atoms with Crippen molar-refractivity contribution in [2.24, 2.45) is 0 Å². The lowest BCUT2D eigenvalue weighted by Gasteiger charge is -2.39. The maximum Gasteiger partial charge on any atom is 0.261 e. The Morgan fingerprint density at radius 1 is 1.16 bits per heavy atom. The van der Waals surface area contributed by atoms with E-state index in [1.165, 1.54) is 17.0 Å². The van der Waals surface area contributed by atoms with Crippen LogP contribution in [-0.2, 0) is 11.3 Å². The second-order valence-corrected chi connectivity index (χ2v) is 8.32. The Balaban J connectivity index is 1.15. The van der Waals surface area contributed by atoms with Crippen LogP contribution in [0.3, 0.4) is 0 Å². The van der Waals surface area contributed by atoms with Gasteiger partial charge in [0, 0.05) is 30.8 Å². The maximum absolute atomic E-state index is 12.5. The fraction of sp³-hybridized carbons (Fsp3) is 0.391. The predicted octanol–water partition coefficient (Wildman–Crippen LogP) is 1.88. The molecule has 2 fully saturated rings. The predicted molar refractivity (Wildman–Crippen MR) is 115 cm³/mol. The molecular formula is C23H24N4O4. The van der Waals surface area contributed by atoms with E-state index in [9.17, 15) is 14.4 Å². The number of pyridine rings is 1. The molecule has 0 spiro atoms. The fourth-order valence-corrected chi connectivity index (χ4v) is 4.10. The van der Waals surface area contributed by atoms with Gasteiger partial charge in [0.1, 0.15) is 11.9 Å². The number of carbonyl (C=O) groups is 1. The summed E-state index contributed by atoms with van der Waals surface area (Å²) in [5, 5.41) is 0.550. The van der Waals surface area contributed by atoms with Crippen molar-refractivity contribution in [2.45, 2.75) is 44.9 Å². The molecule has 2 aliphatic rings. The number of benzene rings is 1. The molecule has 0 unspecified atom stereocenters. The Morgan fingerprint density at radius 2 is 1.94 bits per heavy atom. The third kappa shape index (κ3) is 3.85. The van der Waals surface area contributed by atoms with Crippen LogP contribution in [0.15, 0.2) is 52.3 Å². The molecule has 1 amide bonds. The highest BCUT2D eigenvalue weighted by Gasteiger charge is 2.32. The molecule has 31 heavy (non-hydrogen) atoms. The Hall–Kier alpha value is -3.42. The van der Waals surface area contributed by atoms with Gasteiger partial charge in [-0.2, -0.15) is 0 Å². The molecule has 1 saturated heterocycles. The highest BCUT2D eigenvalue weighted by molar-refractivity contribution is 5.78. The third-order valence-corrected chi connectivity index (χ3v) is 5.95. The monoisotopic (exact) mass is 420 g/mol. The number of fused-ring (bicyclic) bond motifs is 1. The molecule has 1 saturated carbocycles. The van der Waals surface area contributed by atoms with Crippen LogP contribution < -0.4 is 15.9 Å². The molecule has 1 aromatic carbocycles. The topological polar surface area (TPSA) is 86.4 Å². The van der Waals surface area contributed by atoms with Crippen molar-refractivity contribution in [3.8, 4) is 5.75 Å². The number of aryl methyl sites for hydroxylation is 2. The van der Waals surface area contributed by atoms with E-state index in [0.717, 1.165) is 18.5 Å². The lowest BCUT2D eigenvalue weighted by atomic mass is 10.1. The highest BCUT2D eigenvalue weighted by atomic mass is 16.5. The summed E-state index contributed by atoms with van der Waals surface area (Å²) in [6.07, 6.45) is 3.71. The van der Waals surface area contributed by atoms with E-state index in [-0.39, 0.29) is 36.1 Å². The molecule has 0 N–H and O–H groups in total. The largest absolute Gasteiger partial charge is 0.486 e. The number of aromatic nitrogens is 3. The van der Waals surface area contributed by atoms with Gasteiger partial charge < -0.3 is 14.2 Å². The summed E-state index contributed by atoms with van der Waals surface area (Å²) >= 11 is 0. The number of likely N-dealkylation sites (tertiary alicyclic amines) is 1. The number of hydrogen-bond donors (Lipinski definition) is 0. The summed E-state index contributed by atoms with van der Waals surface area (Å²) in [6, 6.07) is 10.9. The van der Waals surface area contributed by atoms with Gasteiger partial charge in [0.15, 0.2) is 0 Å². The van der Waals surface area contributed by atoms with Crippen molar-refractivity contribution in [2.75, 3.05) is 13.1 Å². The fourth-order valence-electron chi connectivity index (χ4n) is 4.10. The first-order chi connectivity index (χ1) is 15.0. The van der Waals surface area contributed by atoms with Crippen LogP contribution >= 0.6 is 0 Å². The molecule has 0 bridgehead atoms. The molecule has 1 aliphatic heterocycles. The van der Waals surface area contributed by atoms with Crippen molar-refractivity contribution < 1.29 is 9.53 Å². The second kappa shape index (κ2) is 7.68. The van der Waals surface area contributed by atoms with Gasteiger partial charge in [-0.15, -0.1) is 0 Å².